The van der Waals surface area contributed by atoms with Gasteiger partial charge in [-0.2, -0.15) is 11.8 Å². The zero-order valence-electron chi connectivity index (χ0n) is 25.6. The normalized spacial score (nSPS) is 14.7. The lowest BCUT2D eigenvalue weighted by molar-refractivity contribution is -0.160. The number of esters is 4. The second-order valence-electron chi connectivity index (χ2n) is 10.7. The predicted molar refractivity (Wildman–Crippen MR) is 153 cm³/mol. The fraction of sp³-hybridized carbons (Fsp3) is 0.741. The molecule has 0 aromatic heterocycles. The number of carbonyl (C=O) groups is 7. The lowest BCUT2D eigenvalue weighted by Gasteiger charge is -2.22. The number of ether oxygens (including phenoxy) is 4. The molecule has 0 aromatic carbocycles. The summed E-state index contributed by atoms with van der Waals surface area (Å²) in [4.78, 5) is 86.4. The average molecular weight is 620 g/mol. The van der Waals surface area contributed by atoms with Gasteiger partial charge in [0.05, 0.1) is 45.6 Å². The van der Waals surface area contributed by atoms with Gasteiger partial charge in [0.15, 0.2) is 0 Å². The molecule has 0 spiro atoms. The van der Waals surface area contributed by atoms with Gasteiger partial charge in [-0.25, -0.2) is 9.59 Å². The number of Topliss-reactive ketones (excluding diaryl/α,β-unsaturated/α-hetero) is 1. The summed E-state index contributed by atoms with van der Waals surface area (Å²) in [7, 11) is 3.50. The maximum atomic E-state index is 13.0. The molecule has 14 nitrogen and oxygen atoms in total. The molecule has 0 fully saturated rings. The minimum absolute atomic E-state index is 0.0507. The van der Waals surface area contributed by atoms with Crippen molar-refractivity contribution in [1.29, 1.82) is 0 Å². The van der Waals surface area contributed by atoms with Crippen LogP contribution < -0.4 is 16.4 Å². The largest absolute Gasteiger partial charge is 0.469 e. The number of nitrogens with one attached hydrogen (secondary N) is 2. The number of methoxy groups -OCH3 is 3. The van der Waals surface area contributed by atoms with Crippen LogP contribution in [0.1, 0.15) is 60.3 Å². The molecule has 0 rings (SSSR count). The molecule has 0 aliphatic rings. The first-order chi connectivity index (χ1) is 19.4. The van der Waals surface area contributed by atoms with Crippen LogP contribution >= 0.6 is 11.8 Å². The van der Waals surface area contributed by atoms with Crippen molar-refractivity contribution in [2.24, 2.45) is 17.6 Å². The fourth-order valence-electron chi connectivity index (χ4n) is 3.48. The minimum atomic E-state index is -1.12. The Morgan fingerprint density at radius 3 is 1.81 bits per heavy atom. The molecule has 0 aliphatic heterocycles. The van der Waals surface area contributed by atoms with Crippen LogP contribution in [0.2, 0.25) is 0 Å². The highest BCUT2D eigenvalue weighted by molar-refractivity contribution is 7.99. The van der Waals surface area contributed by atoms with E-state index in [-0.39, 0.29) is 37.2 Å². The van der Waals surface area contributed by atoms with Crippen molar-refractivity contribution in [1.82, 2.24) is 10.6 Å². The Kier molecular flexibility index (Phi) is 17.6. The van der Waals surface area contributed by atoms with Crippen molar-refractivity contribution in [2.45, 2.75) is 84.0 Å². The van der Waals surface area contributed by atoms with E-state index in [9.17, 15) is 33.6 Å². The van der Waals surface area contributed by atoms with Gasteiger partial charge in [-0.1, -0.05) is 0 Å². The highest BCUT2D eigenvalue weighted by atomic mass is 32.2. The van der Waals surface area contributed by atoms with E-state index in [0.29, 0.717) is 0 Å². The molecule has 0 radical (unpaired) electrons. The highest BCUT2D eigenvalue weighted by Crippen LogP contribution is 2.22. The van der Waals surface area contributed by atoms with E-state index in [1.54, 1.807) is 20.8 Å². The minimum Gasteiger partial charge on any atom is -0.469 e. The molecule has 0 heterocycles. The number of rotatable bonds is 18. The number of amides is 2. The molecule has 5 atom stereocenters. The zero-order chi connectivity index (χ0) is 32.6. The Balaban J connectivity index is 5.56. The quantitative estimate of drug-likeness (QED) is 0.139. The first kappa shape index (κ1) is 38.8. The monoisotopic (exact) mass is 619 g/mol. The summed E-state index contributed by atoms with van der Waals surface area (Å²) in [6.45, 7) is 7.95. The number of ketones is 1. The smallest absolute Gasteiger partial charge is 0.328 e. The topological polar surface area (TPSA) is 206 Å². The maximum absolute atomic E-state index is 13.0. The Labute approximate surface area is 250 Å². The molecule has 0 aliphatic carbocycles. The number of carbonyl (C=O) groups excluding carboxylic acids is 7. The summed E-state index contributed by atoms with van der Waals surface area (Å²) in [6.07, 6.45) is -0.779. The Bertz CT molecular complexity index is 965. The Morgan fingerprint density at radius 1 is 0.762 bits per heavy atom. The van der Waals surface area contributed by atoms with Gasteiger partial charge in [0, 0.05) is 24.3 Å². The van der Waals surface area contributed by atoms with Crippen molar-refractivity contribution in [2.75, 3.05) is 32.8 Å². The molecule has 0 unspecified atom stereocenters. The van der Waals surface area contributed by atoms with Gasteiger partial charge in [0.2, 0.25) is 11.8 Å². The molecule has 42 heavy (non-hydrogen) atoms. The summed E-state index contributed by atoms with van der Waals surface area (Å²) in [5, 5.41) is 4.94. The SMILES string of the molecule is COC(=O)[C@H](CSC[C@@H](CC(=O)CC[C@@H](NC(=O)[C@H](C)N)C(=O)OC)C(=O)N[C@H](C)C(=O)OC)CC(=O)OC(C)(C)C. The molecule has 2 amide bonds. The summed E-state index contributed by atoms with van der Waals surface area (Å²) < 4.78 is 19.4. The van der Waals surface area contributed by atoms with Gasteiger partial charge >= 0.3 is 23.9 Å². The molecule has 0 bridgehead atoms. The molecule has 15 heteroatoms. The Morgan fingerprint density at radius 2 is 1.31 bits per heavy atom. The first-order valence-corrected chi connectivity index (χ1v) is 14.5. The van der Waals surface area contributed by atoms with E-state index in [2.05, 4.69) is 15.4 Å². The lowest BCUT2D eigenvalue weighted by atomic mass is 9.98. The predicted octanol–water partition coefficient (Wildman–Crippen LogP) is 0.279. The number of hydrogen-bond donors (Lipinski definition) is 3. The van der Waals surface area contributed by atoms with E-state index in [1.165, 1.54) is 28.1 Å². The van der Waals surface area contributed by atoms with Gasteiger partial charge in [0.1, 0.15) is 23.5 Å². The summed E-state index contributed by atoms with van der Waals surface area (Å²) in [5.41, 5.74) is 4.79. The van der Waals surface area contributed by atoms with Gasteiger partial charge < -0.3 is 35.3 Å². The van der Waals surface area contributed by atoms with Crippen LogP contribution in [0.4, 0.5) is 0 Å². The molecule has 240 valence electrons. The third-order valence-electron chi connectivity index (χ3n) is 5.69. The number of hydrogen-bond acceptors (Lipinski definition) is 13. The van der Waals surface area contributed by atoms with Crippen LogP contribution in [0.15, 0.2) is 0 Å². The molecule has 0 saturated heterocycles. The summed E-state index contributed by atoms with van der Waals surface area (Å²) >= 11 is 1.15. The van der Waals surface area contributed by atoms with Crippen molar-refractivity contribution < 1.29 is 52.5 Å². The van der Waals surface area contributed by atoms with Crippen molar-refractivity contribution in [3.05, 3.63) is 0 Å². The second-order valence-corrected chi connectivity index (χ2v) is 11.7. The standard InChI is InChI=1S/C27H45N3O11S/c1-15(28)22(33)30-20(26(37)40-8)10-9-19(31)11-17(23(34)29-16(2)24(35)38-6)13-42-14-18(25(36)39-7)12-21(32)41-27(3,4)5/h15-18,20H,9-14,28H2,1-8H3,(H,29,34)(H,30,33)/t15-,16+,17+,18-,20+/m0/s1. The van der Waals surface area contributed by atoms with Gasteiger partial charge in [-0.3, -0.25) is 24.0 Å². The van der Waals surface area contributed by atoms with Crippen LogP contribution in [0.5, 0.6) is 0 Å². The van der Waals surface area contributed by atoms with E-state index in [1.807, 2.05) is 0 Å². The van der Waals surface area contributed by atoms with Crippen LogP contribution in [-0.4, -0.2) is 98.0 Å². The molecular formula is C27H45N3O11S. The van der Waals surface area contributed by atoms with Crippen LogP contribution in [0.25, 0.3) is 0 Å². The highest BCUT2D eigenvalue weighted by Gasteiger charge is 2.30. The fourth-order valence-corrected chi connectivity index (χ4v) is 4.71. The molecule has 4 N–H and O–H groups in total. The van der Waals surface area contributed by atoms with Crippen molar-refractivity contribution in [3.8, 4) is 0 Å². The number of thioether (sulfide) groups is 1. The van der Waals surface area contributed by atoms with Crippen molar-refractivity contribution >= 4 is 53.2 Å². The molecular weight excluding hydrogens is 574 g/mol. The van der Waals surface area contributed by atoms with Crippen molar-refractivity contribution in [3.63, 3.8) is 0 Å². The van der Waals surface area contributed by atoms with E-state index < -0.39 is 77.0 Å². The van der Waals surface area contributed by atoms with E-state index >= 15 is 0 Å². The molecule has 0 aromatic rings. The third kappa shape index (κ3) is 15.7. The first-order valence-electron chi connectivity index (χ1n) is 13.4. The Hall–Kier alpha value is -3.20. The molecule has 0 saturated carbocycles. The third-order valence-corrected chi connectivity index (χ3v) is 6.97. The zero-order valence-corrected chi connectivity index (χ0v) is 26.4. The summed E-state index contributed by atoms with van der Waals surface area (Å²) in [5.74, 6) is -5.94. The van der Waals surface area contributed by atoms with E-state index in [0.717, 1.165) is 18.9 Å². The van der Waals surface area contributed by atoms with Gasteiger partial charge in [0.25, 0.3) is 0 Å². The number of nitrogens with two attached hydrogens (primary N) is 1. The van der Waals surface area contributed by atoms with Gasteiger partial charge in [-0.15, -0.1) is 0 Å². The van der Waals surface area contributed by atoms with Crippen LogP contribution in [0, 0.1) is 11.8 Å². The van der Waals surface area contributed by atoms with Crippen LogP contribution in [0.3, 0.4) is 0 Å². The van der Waals surface area contributed by atoms with E-state index in [4.69, 9.17) is 19.9 Å². The van der Waals surface area contributed by atoms with Gasteiger partial charge in [-0.05, 0) is 41.0 Å². The summed E-state index contributed by atoms with van der Waals surface area (Å²) in [6, 6.07) is -3.00. The second kappa shape index (κ2) is 19.1. The average Bonchev–Trinajstić information content (AvgIpc) is 2.91. The maximum Gasteiger partial charge on any atom is 0.328 e. The lowest BCUT2D eigenvalue weighted by Crippen LogP contribution is -2.48. The van der Waals surface area contributed by atoms with Crippen LogP contribution in [-0.2, 0) is 52.5 Å².